The van der Waals surface area contributed by atoms with Crippen LogP contribution in [0.15, 0.2) is 48.5 Å². The van der Waals surface area contributed by atoms with Crippen LogP contribution in [0.5, 0.6) is 0 Å². The highest BCUT2D eigenvalue weighted by Gasteiger charge is 2.28. The summed E-state index contributed by atoms with van der Waals surface area (Å²) in [4.78, 5) is 12.3. The molecule has 0 unspecified atom stereocenters. The van der Waals surface area contributed by atoms with Crippen molar-refractivity contribution >= 4 is 6.09 Å². The van der Waals surface area contributed by atoms with E-state index in [2.05, 4.69) is 36.5 Å². The second-order valence-corrected chi connectivity index (χ2v) is 14.4. The third kappa shape index (κ3) is 24.2. The van der Waals surface area contributed by atoms with E-state index in [0.717, 1.165) is 13.0 Å². The largest absolute Gasteiger partial charge is 0.449 e. The second-order valence-electron chi connectivity index (χ2n) is 14.4. The molecule has 1 aliphatic rings. The molecule has 11 heteroatoms. The highest BCUT2D eigenvalue weighted by Crippen LogP contribution is 2.44. The average Bonchev–Trinajstić information content (AvgIpc) is 3.55. The van der Waals surface area contributed by atoms with Crippen molar-refractivity contribution in [2.24, 2.45) is 0 Å². The van der Waals surface area contributed by atoms with E-state index in [4.69, 9.17) is 42.6 Å². The van der Waals surface area contributed by atoms with Gasteiger partial charge in [-0.25, -0.2) is 4.79 Å². The summed E-state index contributed by atoms with van der Waals surface area (Å²) in [5.74, 6) is 0.0421. The molecule has 3 rings (SSSR count). The number of carbonyl (C=O) groups is 1. The van der Waals surface area contributed by atoms with Crippen LogP contribution >= 0.6 is 0 Å². The van der Waals surface area contributed by atoms with Crippen LogP contribution in [0, 0.1) is 0 Å². The van der Waals surface area contributed by atoms with E-state index in [0.29, 0.717) is 112 Å². The Hall–Kier alpha value is -2.61. The first-order valence-electron chi connectivity index (χ1n) is 22.0. The van der Waals surface area contributed by atoms with Gasteiger partial charge in [-0.2, -0.15) is 0 Å². The minimum atomic E-state index is -0.445. The molecular weight excluding hydrogens is 727 g/mol. The monoisotopic (exact) mass is 802 g/mol. The lowest BCUT2D eigenvalue weighted by atomic mass is 9.98. The Bertz CT molecular complexity index is 1190. The number of fused-ring (bicyclic) bond motifs is 3. The van der Waals surface area contributed by atoms with Crippen molar-refractivity contribution in [2.45, 2.75) is 96.3 Å². The lowest BCUT2D eigenvalue weighted by molar-refractivity contribution is -0.0230. The number of hydrogen-bond donors (Lipinski definition) is 1. The first kappa shape index (κ1) is 48.8. The van der Waals surface area contributed by atoms with Crippen LogP contribution in [0.4, 0.5) is 4.79 Å². The number of alkyl carbamates (subject to hydrolysis) is 1. The molecule has 0 aliphatic heterocycles. The van der Waals surface area contributed by atoms with Gasteiger partial charge in [0.05, 0.1) is 99.1 Å². The van der Waals surface area contributed by atoms with Gasteiger partial charge in [0, 0.05) is 19.1 Å². The normalized spacial score (nSPS) is 12.2. The summed E-state index contributed by atoms with van der Waals surface area (Å²) >= 11 is 0. The summed E-state index contributed by atoms with van der Waals surface area (Å²) in [6.07, 6.45) is 17.3. The van der Waals surface area contributed by atoms with Crippen molar-refractivity contribution in [3.8, 4) is 11.1 Å². The molecule has 1 N–H and O–H groups in total. The van der Waals surface area contributed by atoms with E-state index in [1.54, 1.807) is 0 Å². The van der Waals surface area contributed by atoms with E-state index in [-0.39, 0.29) is 5.92 Å². The molecule has 0 fully saturated rings. The van der Waals surface area contributed by atoms with Crippen LogP contribution in [0.3, 0.4) is 0 Å². The highest BCUT2D eigenvalue weighted by molar-refractivity contribution is 5.79. The van der Waals surface area contributed by atoms with Gasteiger partial charge in [-0.15, -0.1) is 0 Å². The van der Waals surface area contributed by atoms with Crippen LogP contribution in [-0.4, -0.2) is 125 Å². The Morgan fingerprint density at radius 1 is 0.439 bits per heavy atom. The lowest BCUT2D eigenvalue weighted by Gasteiger charge is -2.14. The number of hydrogen-bond acceptors (Lipinski definition) is 10. The molecule has 324 valence electrons. The summed E-state index contributed by atoms with van der Waals surface area (Å²) in [7, 11) is 0. The number of rotatable bonds is 40. The van der Waals surface area contributed by atoms with Crippen molar-refractivity contribution in [3.63, 3.8) is 0 Å². The van der Waals surface area contributed by atoms with E-state index >= 15 is 0 Å². The molecule has 0 aromatic heterocycles. The molecule has 0 atom stereocenters. The van der Waals surface area contributed by atoms with E-state index in [9.17, 15) is 4.79 Å². The average molecular weight is 802 g/mol. The third-order valence-electron chi connectivity index (χ3n) is 9.86. The smallest absolute Gasteiger partial charge is 0.407 e. The molecule has 0 heterocycles. The fourth-order valence-corrected chi connectivity index (χ4v) is 6.74. The molecule has 2 aromatic rings. The molecule has 11 nitrogen and oxygen atoms in total. The quantitative estimate of drug-likeness (QED) is 0.0657. The Morgan fingerprint density at radius 2 is 0.772 bits per heavy atom. The van der Waals surface area contributed by atoms with Gasteiger partial charge < -0.3 is 47.9 Å². The Labute approximate surface area is 344 Å². The first-order chi connectivity index (χ1) is 28.3. The molecule has 1 aliphatic carbocycles. The minimum absolute atomic E-state index is 0.0421. The van der Waals surface area contributed by atoms with Gasteiger partial charge in [0.15, 0.2) is 0 Å². The van der Waals surface area contributed by atoms with Gasteiger partial charge in [0.2, 0.25) is 0 Å². The molecule has 57 heavy (non-hydrogen) atoms. The van der Waals surface area contributed by atoms with Gasteiger partial charge in [-0.1, -0.05) is 133 Å². The number of benzene rings is 2. The molecule has 2 aromatic carbocycles. The van der Waals surface area contributed by atoms with Gasteiger partial charge in [-0.3, -0.25) is 0 Å². The topological polar surface area (TPSA) is 112 Å². The van der Waals surface area contributed by atoms with Crippen molar-refractivity contribution in [1.29, 1.82) is 0 Å². The number of amides is 1. The molecule has 0 spiro atoms. The summed E-state index contributed by atoms with van der Waals surface area (Å²) in [5, 5.41) is 2.75. The lowest BCUT2D eigenvalue weighted by Crippen LogP contribution is -2.29. The molecule has 1 amide bonds. The zero-order chi connectivity index (χ0) is 40.1. The molecule has 0 radical (unpaired) electrons. The number of nitrogens with one attached hydrogen (secondary N) is 1. The highest BCUT2D eigenvalue weighted by atomic mass is 16.6. The number of ether oxygens (including phenoxy) is 9. The van der Waals surface area contributed by atoms with Crippen LogP contribution in [0.2, 0.25) is 0 Å². The maximum absolute atomic E-state index is 12.3. The Kier molecular flexibility index (Phi) is 30.2. The maximum Gasteiger partial charge on any atom is 0.407 e. The summed E-state index contributed by atoms with van der Waals surface area (Å²) in [6.45, 7) is 11.4. The fourth-order valence-electron chi connectivity index (χ4n) is 6.74. The van der Waals surface area contributed by atoms with Crippen molar-refractivity contribution in [1.82, 2.24) is 5.32 Å². The fraction of sp³-hybridized carbons (Fsp3) is 0.717. The van der Waals surface area contributed by atoms with E-state index in [1.165, 1.54) is 99.3 Å². The van der Waals surface area contributed by atoms with Gasteiger partial charge in [0.1, 0.15) is 6.61 Å². The maximum atomic E-state index is 12.3. The second kappa shape index (κ2) is 35.3. The Balaban J connectivity index is 0.931. The zero-order valence-electron chi connectivity index (χ0n) is 35.2. The summed E-state index contributed by atoms with van der Waals surface area (Å²) in [6, 6.07) is 16.6. The van der Waals surface area contributed by atoms with Crippen molar-refractivity contribution < 1.29 is 47.4 Å². The standard InChI is InChI=1S/C46H75NO10/c1-2-3-4-5-6-7-8-9-10-11-12-13-18-24-49-26-28-51-30-32-53-34-36-55-38-39-56-37-35-54-33-31-52-29-27-50-25-23-47-46(48)57-40-45-43-21-16-14-19-41(43)42-20-15-17-22-44(42)45/h14-17,19-22,45H,2-13,18,23-40H2,1H3,(H,47,48). The SMILES string of the molecule is CCCCCCCCCCCCCCCOCCOCCOCCOCCOCCOCCOCCOCCNC(=O)OCC1c2ccccc2-c2ccccc21. The predicted molar refractivity (Wildman–Crippen MR) is 225 cm³/mol. The zero-order valence-corrected chi connectivity index (χ0v) is 35.2. The molecule has 0 saturated carbocycles. The van der Waals surface area contributed by atoms with E-state index in [1.807, 2.05) is 24.3 Å². The predicted octanol–water partition coefficient (Wildman–Crippen LogP) is 8.75. The van der Waals surface area contributed by atoms with Crippen LogP contribution in [-0.2, 0) is 42.6 Å². The van der Waals surface area contributed by atoms with Crippen molar-refractivity contribution in [2.75, 3.05) is 119 Å². The summed E-state index contributed by atoms with van der Waals surface area (Å²) in [5.41, 5.74) is 4.79. The summed E-state index contributed by atoms with van der Waals surface area (Å²) < 4.78 is 50.0. The molecule has 0 saturated heterocycles. The number of carbonyl (C=O) groups excluding carboxylic acids is 1. The first-order valence-corrected chi connectivity index (χ1v) is 22.0. The molecule has 0 bridgehead atoms. The van der Waals surface area contributed by atoms with Crippen LogP contribution in [0.25, 0.3) is 11.1 Å². The van der Waals surface area contributed by atoms with Gasteiger partial charge in [-0.05, 0) is 28.7 Å². The molecular formula is C46H75NO10. The van der Waals surface area contributed by atoms with Crippen LogP contribution in [0.1, 0.15) is 107 Å². The van der Waals surface area contributed by atoms with Gasteiger partial charge >= 0.3 is 6.09 Å². The minimum Gasteiger partial charge on any atom is -0.449 e. The third-order valence-corrected chi connectivity index (χ3v) is 9.86. The Morgan fingerprint density at radius 3 is 1.18 bits per heavy atom. The van der Waals surface area contributed by atoms with Crippen LogP contribution < -0.4 is 5.32 Å². The number of unbranched alkanes of at least 4 members (excludes halogenated alkanes) is 12. The van der Waals surface area contributed by atoms with Crippen molar-refractivity contribution in [3.05, 3.63) is 59.7 Å². The van der Waals surface area contributed by atoms with Gasteiger partial charge in [0.25, 0.3) is 0 Å². The van der Waals surface area contributed by atoms with E-state index < -0.39 is 6.09 Å².